The molecular weight excluding hydrogens is 198 g/mol. The van der Waals surface area contributed by atoms with E-state index < -0.39 is 0 Å². The van der Waals surface area contributed by atoms with Crippen molar-refractivity contribution in [1.29, 1.82) is 5.26 Å². The number of nitrogens with two attached hydrogens (primary N) is 1. The van der Waals surface area contributed by atoms with E-state index in [1.165, 1.54) is 0 Å². The lowest BCUT2D eigenvalue weighted by molar-refractivity contribution is 0.664. The van der Waals surface area contributed by atoms with Gasteiger partial charge in [0.25, 0.3) is 0 Å². The number of benzene rings is 1. The van der Waals surface area contributed by atoms with Crippen molar-refractivity contribution in [1.82, 2.24) is 0 Å². The largest absolute Gasteiger partial charge is 0.399 e. The van der Waals surface area contributed by atoms with Crippen molar-refractivity contribution in [2.45, 2.75) is 32.7 Å². The smallest absolute Gasteiger partial charge is 0.116 e. The number of rotatable bonds is 5. The molecule has 1 aromatic rings. The van der Waals surface area contributed by atoms with Crippen LogP contribution in [0.25, 0.3) is 0 Å². The van der Waals surface area contributed by atoms with Gasteiger partial charge >= 0.3 is 0 Å². The van der Waals surface area contributed by atoms with Crippen LogP contribution in [0, 0.1) is 11.3 Å². The van der Waals surface area contributed by atoms with E-state index in [2.05, 4.69) is 17.9 Å². The lowest BCUT2D eigenvalue weighted by Gasteiger charge is -2.28. The highest BCUT2D eigenvalue weighted by atomic mass is 15.2. The fraction of sp³-hybridized carbons (Fsp3) is 0.462. The molecule has 0 aliphatic heterocycles. The number of hydrogen-bond acceptors (Lipinski definition) is 3. The van der Waals surface area contributed by atoms with E-state index >= 15 is 0 Å². The van der Waals surface area contributed by atoms with Crippen LogP contribution < -0.4 is 10.6 Å². The minimum Gasteiger partial charge on any atom is -0.399 e. The summed E-state index contributed by atoms with van der Waals surface area (Å²) in [5.74, 6) is 0. The van der Waals surface area contributed by atoms with Crippen molar-refractivity contribution >= 4 is 11.4 Å². The molecule has 1 rings (SSSR count). The second kappa shape index (κ2) is 6.02. The molecule has 0 radical (unpaired) electrons. The predicted molar refractivity (Wildman–Crippen MR) is 68.2 cm³/mol. The summed E-state index contributed by atoms with van der Waals surface area (Å²) in [6.45, 7) is 5.03. The maximum atomic E-state index is 9.13. The Morgan fingerprint density at radius 3 is 2.69 bits per heavy atom. The molecule has 16 heavy (non-hydrogen) atoms. The quantitative estimate of drug-likeness (QED) is 0.771. The molecule has 1 unspecified atom stereocenters. The molecule has 0 fully saturated rings. The first-order valence-corrected chi connectivity index (χ1v) is 5.74. The lowest BCUT2D eigenvalue weighted by Crippen LogP contribution is -2.34. The molecule has 3 nitrogen and oxygen atoms in total. The van der Waals surface area contributed by atoms with Crippen molar-refractivity contribution in [2.75, 3.05) is 17.2 Å². The Kier molecular flexibility index (Phi) is 4.65. The maximum Gasteiger partial charge on any atom is 0.116 e. The lowest BCUT2D eigenvalue weighted by atomic mass is 10.1. The van der Waals surface area contributed by atoms with Crippen LogP contribution in [0.15, 0.2) is 24.3 Å². The summed E-state index contributed by atoms with van der Waals surface area (Å²) in [7, 11) is 0. The predicted octanol–water partition coefficient (Wildman–Crippen LogP) is 2.79. The summed E-state index contributed by atoms with van der Waals surface area (Å²) in [5.41, 5.74) is 7.55. The molecule has 0 aliphatic carbocycles. The van der Waals surface area contributed by atoms with Crippen LogP contribution in [0.1, 0.15) is 26.7 Å². The fourth-order valence-electron chi connectivity index (χ4n) is 1.79. The number of nitrogens with zero attached hydrogens (tertiary/aromatic N) is 2. The molecule has 2 N–H and O–H groups in total. The van der Waals surface area contributed by atoms with Crippen LogP contribution in [0.4, 0.5) is 11.4 Å². The average Bonchev–Trinajstić information content (AvgIpc) is 2.29. The Morgan fingerprint density at radius 2 is 2.19 bits per heavy atom. The Labute approximate surface area is 97.5 Å². The van der Waals surface area contributed by atoms with Crippen LogP contribution in [-0.4, -0.2) is 12.6 Å². The topological polar surface area (TPSA) is 53.0 Å². The van der Waals surface area contributed by atoms with Gasteiger partial charge in [-0.2, -0.15) is 5.26 Å². The second-order valence-corrected chi connectivity index (χ2v) is 3.84. The van der Waals surface area contributed by atoms with Gasteiger partial charge in [-0.15, -0.1) is 0 Å². The molecule has 0 aliphatic rings. The van der Waals surface area contributed by atoms with Crippen molar-refractivity contribution in [3.63, 3.8) is 0 Å². The van der Waals surface area contributed by atoms with Gasteiger partial charge in [-0.05, 0) is 31.0 Å². The first kappa shape index (κ1) is 12.4. The summed E-state index contributed by atoms with van der Waals surface area (Å²) >= 11 is 0. The van der Waals surface area contributed by atoms with Gasteiger partial charge in [-0.25, -0.2) is 0 Å². The number of nitriles is 1. The molecule has 0 saturated carbocycles. The Morgan fingerprint density at radius 1 is 1.44 bits per heavy atom. The van der Waals surface area contributed by atoms with Crippen LogP contribution in [0.2, 0.25) is 0 Å². The van der Waals surface area contributed by atoms with E-state index in [0.29, 0.717) is 0 Å². The van der Waals surface area contributed by atoms with Crippen molar-refractivity contribution in [3.8, 4) is 6.07 Å². The van der Waals surface area contributed by atoms with Crippen molar-refractivity contribution < 1.29 is 0 Å². The third-order valence-electron chi connectivity index (χ3n) is 2.58. The molecular formula is C13H19N3. The summed E-state index contributed by atoms with van der Waals surface area (Å²) in [4.78, 5) is 2.12. The summed E-state index contributed by atoms with van der Waals surface area (Å²) in [5, 5.41) is 9.13. The SMILES string of the molecule is CCCN(c1cccc(N)c1)C(C#N)CC. The average molecular weight is 217 g/mol. The first-order valence-electron chi connectivity index (χ1n) is 5.74. The van der Waals surface area contributed by atoms with Crippen molar-refractivity contribution in [2.24, 2.45) is 0 Å². The maximum absolute atomic E-state index is 9.13. The zero-order chi connectivity index (χ0) is 12.0. The van der Waals surface area contributed by atoms with Gasteiger partial charge in [0.05, 0.1) is 6.07 Å². The van der Waals surface area contributed by atoms with Gasteiger partial charge in [-0.3, -0.25) is 0 Å². The highest BCUT2D eigenvalue weighted by Gasteiger charge is 2.15. The summed E-state index contributed by atoms with van der Waals surface area (Å²) in [6.07, 6.45) is 1.85. The summed E-state index contributed by atoms with van der Waals surface area (Å²) in [6, 6.07) is 9.99. The Bertz CT molecular complexity index is 368. The third kappa shape index (κ3) is 2.90. The normalized spacial score (nSPS) is 11.8. The number of hydrogen-bond donors (Lipinski definition) is 1. The minimum absolute atomic E-state index is 0.0678. The van der Waals surface area contributed by atoms with Crippen LogP contribution in [0.3, 0.4) is 0 Å². The number of anilines is 2. The monoisotopic (exact) mass is 217 g/mol. The van der Waals surface area contributed by atoms with Gasteiger partial charge in [0.15, 0.2) is 0 Å². The molecule has 86 valence electrons. The number of nitrogen functional groups attached to an aromatic ring is 1. The van der Waals surface area contributed by atoms with E-state index in [1.54, 1.807) is 0 Å². The third-order valence-corrected chi connectivity index (χ3v) is 2.58. The zero-order valence-corrected chi connectivity index (χ0v) is 9.98. The van der Waals surface area contributed by atoms with Gasteiger partial charge in [0.2, 0.25) is 0 Å². The zero-order valence-electron chi connectivity index (χ0n) is 9.98. The Balaban J connectivity index is 2.97. The van der Waals surface area contributed by atoms with Crippen LogP contribution in [-0.2, 0) is 0 Å². The van der Waals surface area contributed by atoms with Gasteiger partial charge in [-0.1, -0.05) is 19.9 Å². The van der Waals surface area contributed by atoms with E-state index in [4.69, 9.17) is 11.0 Å². The van der Waals surface area contributed by atoms with Crippen LogP contribution in [0.5, 0.6) is 0 Å². The van der Waals surface area contributed by atoms with Crippen LogP contribution >= 0.6 is 0 Å². The Hall–Kier alpha value is -1.69. The molecule has 0 saturated heterocycles. The molecule has 1 aromatic carbocycles. The van der Waals surface area contributed by atoms with E-state index in [9.17, 15) is 0 Å². The van der Waals surface area contributed by atoms with Gasteiger partial charge in [0.1, 0.15) is 6.04 Å². The molecule has 0 spiro atoms. The fourth-order valence-corrected chi connectivity index (χ4v) is 1.79. The molecule has 0 aromatic heterocycles. The first-order chi connectivity index (χ1) is 7.72. The molecule has 0 amide bonds. The standard InChI is InChI=1S/C13H19N3/c1-3-8-16(12(4-2)10-14)13-7-5-6-11(15)9-13/h5-7,9,12H,3-4,8,15H2,1-2H3. The molecule has 3 heteroatoms. The van der Waals surface area contributed by atoms with E-state index in [-0.39, 0.29) is 6.04 Å². The van der Waals surface area contributed by atoms with E-state index in [0.717, 1.165) is 30.8 Å². The minimum atomic E-state index is -0.0678. The highest BCUT2D eigenvalue weighted by Crippen LogP contribution is 2.21. The highest BCUT2D eigenvalue weighted by molar-refractivity contribution is 5.57. The van der Waals surface area contributed by atoms with Crippen molar-refractivity contribution in [3.05, 3.63) is 24.3 Å². The summed E-state index contributed by atoms with van der Waals surface area (Å²) < 4.78 is 0. The molecule has 0 heterocycles. The second-order valence-electron chi connectivity index (χ2n) is 3.84. The van der Waals surface area contributed by atoms with Gasteiger partial charge in [0, 0.05) is 17.9 Å². The van der Waals surface area contributed by atoms with E-state index in [1.807, 2.05) is 31.2 Å². The van der Waals surface area contributed by atoms with Gasteiger partial charge < -0.3 is 10.6 Å². The molecule has 1 atom stereocenters. The molecule has 0 bridgehead atoms.